The van der Waals surface area contributed by atoms with Gasteiger partial charge in [0.15, 0.2) is 0 Å². The molecule has 0 fully saturated rings. The SMILES string of the molecule is CN(C)CCCNS(=O)(=O)CCCC(F)(C(F)(F)F)C(F)(F)F. The standard InChI is InChI=1S/C11H19F7N2O2S/c1-20(2)7-4-6-19-23(21,22)8-3-5-9(12,10(13,14)15)11(16,17)18/h19H,3-8H2,1-2H3. The lowest BCUT2D eigenvalue weighted by Gasteiger charge is -2.29. The molecule has 0 rings (SSSR count). The summed E-state index contributed by atoms with van der Waals surface area (Å²) in [5.74, 6) is -1.02. The summed E-state index contributed by atoms with van der Waals surface area (Å²) in [6.07, 6.45) is -15.0. The van der Waals surface area contributed by atoms with Crippen molar-refractivity contribution in [2.24, 2.45) is 0 Å². The lowest BCUT2D eigenvalue weighted by molar-refractivity contribution is -0.343. The summed E-state index contributed by atoms with van der Waals surface area (Å²) in [6.45, 7) is 0.526. The van der Waals surface area contributed by atoms with Gasteiger partial charge in [-0.1, -0.05) is 0 Å². The highest BCUT2D eigenvalue weighted by Crippen LogP contribution is 2.48. The molecule has 12 heteroatoms. The van der Waals surface area contributed by atoms with E-state index in [1.54, 1.807) is 19.0 Å². The lowest BCUT2D eigenvalue weighted by Crippen LogP contribution is -2.53. The molecule has 0 atom stereocenters. The van der Waals surface area contributed by atoms with Crippen LogP contribution < -0.4 is 4.72 Å². The molecule has 0 aromatic rings. The first-order valence-corrected chi connectivity index (χ1v) is 8.22. The molecule has 0 heterocycles. The van der Waals surface area contributed by atoms with Gasteiger partial charge in [0, 0.05) is 13.0 Å². The maximum Gasteiger partial charge on any atom is 0.431 e. The van der Waals surface area contributed by atoms with Crippen LogP contribution in [0.1, 0.15) is 19.3 Å². The number of sulfonamides is 1. The van der Waals surface area contributed by atoms with E-state index in [-0.39, 0.29) is 6.54 Å². The van der Waals surface area contributed by atoms with Crippen molar-refractivity contribution in [2.75, 3.05) is 32.9 Å². The van der Waals surface area contributed by atoms with Crippen molar-refractivity contribution >= 4 is 10.0 Å². The molecule has 0 bridgehead atoms. The fourth-order valence-corrected chi connectivity index (χ4v) is 2.77. The lowest BCUT2D eigenvalue weighted by atomic mass is 9.99. The molecule has 0 saturated carbocycles. The van der Waals surface area contributed by atoms with E-state index in [0.717, 1.165) is 0 Å². The molecule has 0 aromatic carbocycles. The topological polar surface area (TPSA) is 49.4 Å². The van der Waals surface area contributed by atoms with Gasteiger partial charge in [0.25, 0.3) is 5.67 Å². The predicted molar refractivity (Wildman–Crippen MR) is 70.1 cm³/mol. The van der Waals surface area contributed by atoms with Gasteiger partial charge in [0.2, 0.25) is 10.0 Å². The first-order chi connectivity index (χ1) is 10.1. The summed E-state index contributed by atoms with van der Waals surface area (Å²) in [4.78, 5) is 1.76. The molecule has 0 aliphatic heterocycles. The van der Waals surface area contributed by atoms with Crippen molar-refractivity contribution in [2.45, 2.75) is 37.3 Å². The van der Waals surface area contributed by atoms with E-state index in [0.29, 0.717) is 13.0 Å². The Morgan fingerprint density at radius 3 is 1.78 bits per heavy atom. The van der Waals surface area contributed by atoms with Gasteiger partial charge >= 0.3 is 12.4 Å². The molecule has 140 valence electrons. The van der Waals surface area contributed by atoms with Gasteiger partial charge in [-0.3, -0.25) is 0 Å². The minimum atomic E-state index is -6.16. The van der Waals surface area contributed by atoms with Crippen molar-refractivity contribution < 1.29 is 39.2 Å². The van der Waals surface area contributed by atoms with E-state index in [9.17, 15) is 39.2 Å². The summed E-state index contributed by atoms with van der Waals surface area (Å²) in [6, 6.07) is 0. The summed E-state index contributed by atoms with van der Waals surface area (Å²) < 4.78 is 112. The number of halogens is 7. The van der Waals surface area contributed by atoms with Crippen LogP contribution in [0.5, 0.6) is 0 Å². The molecule has 0 aliphatic rings. The van der Waals surface area contributed by atoms with Gasteiger partial charge < -0.3 is 4.90 Å². The summed E-state index contributed by atoms with van der Waals surface area (Å²) in [5.41, 5.74) is -5.42. The van der Waals surface area contributed by atoms with Gasteiger partial charge in [-0.15, -0.1) is 0 Å². The van der Waals surface area contributed by atoms with E-state index in [1.807, 2.05) is 4.72 Å². The van der Waals surface area contributed by atoms with E-state index in [2.05, 4.69) is 0 Å². The van der Waals surface area contributed by atoms with Crippen LogP contribution in [0, 0.1) is 0 Å². The van der Waals surface area contributed by atoms with Gasteiger partial charge in [0.05, 0.1) is 5.75 Å². The number of hydrogen-bond acceptors (Lipinski definition) is 3. The van der Waals surface area contributed by atoms with Gasteiger partial charge in [-0.05, 0) is 33.5 Å². The van der Waals surface area contributed by atoms with E-state index in [1.165, 1.54) is 0 Å². The second kappa shape index (κ2) is 7.97. The normalized spacial score (nSPS) is 14.5. The Labute approximate surface area is 130 Å². The molecular formula is C11H19F7N2O2S. The van der Waals surface area contributed by atoms with Crippen LogP contribution in [0.3, 0.4) is 0 Å². The highest BCUT2D eigenvalue weighted by Gasteiger charge is 2.71. The third-order valence-corrected chi connectivity index (χ3v) is 4.41. The summed E-state index contributed by atoms with van der Waals surface area (Å²) >= 11 is 0. The third kappa shape index (κ3) is 7.21. The van der Waals surface area contributed by atoms with Crippen molar-refractivity contribution in [1.29, 1.82) is 0 Å². The monoisotopic (exact) mass is 376 g/mol. The molecule has 0 unspecified atom stereocenters. The minimum absolute atomic E-state index is 0.0141. The molecule has 0 radical (unpaired) electrons. The number of alkyl halides is 7. The van der Waals surface area contributed by atoms with Crippen LogP contribution >= 0.6 is 0 Å². The average molecular weight is 376 g/mol. The Bertz CT molecular complexity index is 446. The van der Waals surface area contributed by atoms with Crippen molar-refractivity contribution in [3.63, 3.8) is 0 Å². The Hall–Kier alpha value is -0.620. The van der Waals surface area contributed by atoms with Crippen LogP contribution in [0.2, 0.25) is 0 Å². The van der Waals surface area contributed by atoms with Crippen LogP contribution in [0.15, 0.2) is 0 Å². The molecule has 0 aromatic heterocycles. The Balaban J connectivity index is 4.55. The molecule has 1 N–H and O–H groups in total. The zero-order chi connectivity index (χ0) is 18.5. The maximum absolute atomic E-state index is 13.3. The Kier molecular flexibility index (Phi) is 7.75. The first kappa shape index (κ1) is 22.4. The third-order valence-electron chi connectivity index (χ3n) is 2.94. The molecule has 0 spiro atoms. The van der Waals surface area contributed by atoms with Crippen LogP contribution in [0.25, 0.3) is 0 Å². The maximum atomic E-state index is 13.3. The van der Waals surface area contributed by atoms with Gasteiger partial charge in [-0.2, -0.15) is 26.3 Å². The highest BCUT2D eigenvalue weighted by molar-refractivity contribution is 7.89. The van der Waals surface area contributed by atoms with Gasteiger partial charge in [0.1, 0.15) is 0 Å². The van der Waals surface area contributed by atoms with Crippen LogP contribution in [0.4, 0.5) is 30.7 Å². The molecule has 0 amide bonds. The quantitative estimate of drug-likeness (QED) is 0.497. The molecular weight excluding hydrogens is 357 g/mol. The zero-order valence-electron chi connectivity index (χ0n) is 12.6. The van der Waals surface area contributed by atoms with Crippen molar-refractivity contribution in [3.8, 4) is 0 Å². The van der Waals surface area contributed by atoms with Gasteiger partial charge in [-0.25, -0.2) is 17.5 Å². The molecule has 4 nitrogen and oxygen atoms in total. The average Bonchev–Trinajstić information content (AvgIpc) is 2.31. The summed E-state index contributed by atoms with van der Waals surface area (Å²) in [5, 5.41) is 0. The minimum Gasteiger partial charge on any atom is -0.309 e. The number of nitrogens with zero attached hydrogens (tertiary/aromatic N) is 1. The zero-order valence-corrected chi connectivity index (χ0v) is 13.4. The van der Waals surface area contributed by atoms with E-state index >= 15 is 0 Å². The second-order valence-corrected chi connectivity index (χ2v) is 7.20. The molecule has 0 saturated heterocycles. The Morgan fingerprint density at radius 1 is 0.913 bits per heavy atom. The highest BCUT2D eigenvalue weighted by atomic mass is 32.2. The van der Waals surface area contributed by atoms with E-state index in [4.69, 9.17) is 0 Å². The predicted octanol–water partition coefficient (Wildman–Crippen LogP) is 2.47. The first-order valence-electron chi connectivity index (χ1n) is 6.57. The number of nitrogens with one attached hydrogen (secondary N) is 1. The molecule has 23 heavy (non-hydrogen) atoms. The summed E-state index contributed by atoms with van der Waals surface area (Å²) in [7, 11) is -0.583. The van der Waals surface area contributed by atoms with Crippen molar-refractivity contribution in [1.82, 2.24) is 9.62 Å². The largest absolute Gasteiger partial charge is 0.431 e. The Morgan fingerprint density at radius 2 is 1.39 bits per heavy atom. The molecule has 0 aliphatic carbocycles. The van der Waals surface area contributed by atoms with E-state index < -0.39 is 46.6 Å². The number of hydrogen-bond donors (Lipinski definition) is 1. The van der Waals surface area contributed by atoms with Crippen LogP contribution in [-0.4, -0.2) is 64.3 Å². The number of rotatable bonds is 9. The second-order valence-electron chi connectivity index (χ2n) is 5.27. The van der Waals surface area contributed by atoms with Crippen molar-refractivity contribution in [3.05, 3.63) is 0 Å². The van der Waals surface area contributed by atoms with Crippen LogP contribution in [-0.2, 0) is 10.0 Å². The smallest absolute Gasteiger partial charge is 0.309 e. The fourth-order valence-electron chi connectivity index (χ4n) is 1.65. The fraction of sp³-hybridized carbons (Fsp3) is 1.00.